The molecule has 8 nitrogen and oxygen atoms in total. The molecule has 1 aliphatic rings. The summed E-state index contributed by atoms with van der Waals surface area (Å²) in [4.78, 5) is 49.5. The molecule has 2 aromatic rings. The van der Waals surface area contributed by atoms with E-state index in [1.165, 1.54) is 36.3 Å². The highest BCUT2D eigenvalue weighted by molar-refractivity contribution is 6.44. The molecule has 0 spiro atoms. The fourth-order valence-corrected chi connectivity index (χ4v) is 3.46. The summed E-state index contributed by atoms with van der Waals surface area (Å²) in [6.07, 6.45) is -0.0573. The van der Waals surface area contributed by atoms with Crippen molar-refractivity contribution in [3.05, 3.63) is 58.1 Å². The Morgan fingerprint density at radius 2 is 1.84 bits per heavy atom. The molecule has 1 fully saturated rings. The van der Waals surface area contributed by atoms with Gasteiger partial charge >= 0.3 is 11.9 Å². The van der Waals surface area contributed by atoms with Gasteiger partial charge in [0.05, 0.1) is 34.3 Å². The largest absolute Gasteiger partial charge is 0.465 e. The van der Waals surface area contributed by atoms with Crippen LogP contribution in [-0.2, 0) is 23.9 Å². The number of methoxy groups -OCH3 is 1. The average Bonchev–Trinajstić information content (AvgIpc) is 3.15. The minimum absolute atomic E-state index is 0.0573. The summed E-state index contributed by atoms with van der Waals surface area (Å²) in [6.45, 7) is -0.436. The van der Waals surface area contributed by atoms with Gasteiger partial charge in [-0.05, 0) is 36.4 Å². The molecule has 1 aliphatic heterocycles. The SMILES string of the molecule is COC(=O)c1ccc(NC(=O)COC(=O)[C@@H]2CC(=O)N(c3cccc(Cl)c3Cl)C2)cc1. The first kappa shape index (κ1) is 22.6. The topological polar surface area (TPSA) is 102 Å². The predicted octanol–water partition coefficient (Wildman–Crippen LogP) is 3.31. The van der Waals surface area contributed by atoms with Crippen LogP contribution in [0.25, 0.3) is 0 Å². The van der Waals surface area contributed by atoms with Gasteiger partial charge in [0, 0.05) is 18.7 Å². The lowest BCUT2D eigenvalue weighted by Gasteiger charge is -2.18. The number of anilines is 2. The number of carbonyl (C=O) groups is 4. The van der Waals surface area contributed by atoms with Crippen LogP contribution in [-0.4, -0.2) is 44.0 Å². The molecule has 1 heterocycles. The van der Waals surface area contributed by atoms with E-state index in [-0.39, 0.29) is 23.9 Å². The number of halogens is 2. The summed E-state index contributed by atoms with van der Waals surface area (Å²) in [6, 6.07) is 10.9. The van der Waals surface area contributed by atoms with Crippen LogP contribution < -0.4 is 10.2 Å². The Labute approximate surface area is 188 Å². The van der Waals surface area contributed by atoms with E-state index >= 15 is 0 Å². The third-order valence-corrected chi connectivity index (χ3v) is 5.42. The standard InChI is InChI=1S/C21H18Cl2N2O6/c1-30-20(28)12-5-7-14(8-6-12)24-17(26)11-31-21(29)13-9-18(27)25(10-13)16-4-2-3-15(22)19(16)23/h2-8,13H,9-11H2,1H3,(H,24,26)/t13-/m1/s1. The van der Waals surface area contributed by atoms with E-state index in [1.54, 1.807) is 18.2 Å². The van der Waals surface area contributed by atoms with Crippen molar-refractivity contribution in [2.45, 2.75) is 6.42 Å². The van der Waals surface area contributed by atoms with Crippen LogP contribution in [0.5, 0.6) is 0 Å². The zero-order chi connectivity index (χ0) is 22.5. The molecule has 2 amide bonds. The minimum Gasteiger partial charge on any atom is -0.465 e. The van der Waals surface area contributed by atoms with Gasteiger partial charge in [-0.2, -0.15) is 0 Å². The minimum atomic E-state index is -0.727. The highest BCUT2D eigenvalue weighted by Crippen LogP contribution is 2.35. The Morgan fingerprint density at radius 3 is 2.52 bits per heavy atom. The number of amides is 2. The van der Waals surface area contributed by atoms with Crippen LogP contribution in [0.15, 0.2) is 42.5 Å². The number of nitrogens with zero attached hydrogens (tertiary/aromatic N) is 1. The molecule has 1 atom stereocenters. The molecule has 0 aliphatic carbocycles. The number of benzene rings is 2. The fraction of sp³-hybridized carbons (Fsp3) is 0.238. The Kier molecular flexibility index (Phi) is 7.14. The van der Waals surface area contributed by atoms with E-state index in [0.29, 0.717) is 22.0 Å². The molecule has 2 aromatic carbocycles. The Morgan fingerprint density at radius 1 is 1.13 bits per heavy atom. The molecule has 1 saturated heterocycles. The Hall–Kier alpha value is -3.10. The summed E-state index contributed by atoms with van der Waals surface area (Å²) in [7, 11) is 1.27. The summed E-state index contributed by atoms with van der Waals surface area (Å²) < 4.78 is 9.66. The number of hydrogen-bond acceptors (Lipinski definition) is 6. The van der Waals surface area contributed by atoms with Crippen LogP contribution in [0, 0.1) is 5.92 Å². The lowest BCUT2D eigenvalue weighted by Crippen LogP contribution is -2.28. The van der Waals surface area contributed by atoms with Crippen LogP contribution in [0.2, 0.25) is 10.0 Å². The van der Waals surface area contributed by atoms with Gasteiger partial charge < -0.3 is 19.7 Å². The molecule has 0 aromatic heterocycles. The van der Waals surface area contributed by atoms with E-state index in [9.17, 15) is 19.2 Å². The maximum atomic E-state index is 12.3. The third kappa shape index (κ3) is 5.34. The highest BCUT2D eigenvalue weighted by Gasteiger charge is 2.37. The average molecular weight is 465 g/mol. The van der Waals surface area contributed by atoms with Crippen molar-refractivity contribution >= 4 is 58.3 Å². The Bertz CT molecular complexity index is 1030. The summed E-state index contributed by atoms with van der Waals surface area (Å²) in [5.41, 5.74) is 1.18. The van der Waals surface area contributed by atoms with Crippen molar-refractivity contribution in [2.75, 3.05) is 30.5 Å². The Balaban J connectivity index is 1.52. The van der Waals surface area contributed by atoms with Crippen molar-refractivity contribution in [2.24, 2.45) is 5.92 Å². The molecule has 0 saturated carbocycles. The van der Waals surface area contributed by atoms with Gasteiger partial charge in [0.25, 0.3) is 5.91 Å². The molecule has 1 N–H and O–H groups in total. The molecular weight excluding hydrogens is 447 g/mol. The number of ether oxygens (including phenoxy) is 2. The van der Waals surface area contributed by atoms with Crippen LogP contribution in [0.1, 0.15) is 16.8 Å². The van der Waals surface area contributed by atoms with Crippen molar-refractivity contribution in [3.8, 4) is 0 Å². The zero-order valence-electron chi connectivity index (χ0n) is 16.4. The quantitative estimate of drug-likeness (QED) is 0.657. The van der Waals surface area contributed by atoms with E-state index < -0.39 is 30.4 Å². The molecular formula is C21H18Cl2N2O6. The van der Waals surface area contributed by atoms with E-state index in [2.05, 4.69) is 10.1 Å². The van der Waals surface area contributed by atoms with Crippen molar-refractivity contribution < 1.29 is 28.7 Å². The highest BCUT2D eigenvalue weighted by atomic mass is 35.5. The molecule has 0 bridgehead atoms. The van der Waals surface area contributed by atoms with E-state index in [0.717, 1.165) is 0 Å². The number of nitrogens with one attached hydrogen (secondary N) is 1. The molecule has 3 rings (SSSR count). The van der Waals surface area contributed by atoms with Crippen LogP contribution in [0.4, 0.5) is 11.4 Å². The van der Waals surface area contributed by atoms with Crippen molar-refractivity contribution in [1.82, 2.24) is 0 Å². The number of hydrogen-bond donors (Lipinski definition) is 1. The van der Waals surface area contributed by atoms with Gasteiger partial charge in [-0.15, -0.1) is 0 Å². The smallest absolute Gasteiger partial charge is 0.337 e. The number of esters is 2. The van der Waals surface area contributed by atoms with Crippen molar-refractivity contribution in [1.29, 1.82) is 0 Å². The fourth-order valence-electron chi connectivity index (χ4n) is 3.06. The maximum absolute atomic E-state index is 12.3. The zero-order valence-corrected chi connectivity index (χ0v) is 17.9. The summed E-state index contributed by atoms with van der Waals surface area (Å²) >= 11 is 12.2. The second kappa shape index (κ2) is 9.80. The van der Waals surface area contributed by atoms with Gasteiger partial charge in [-0.1, -0.05) is 29.3 Å². The van der Waals surface area contributed by atoms with Gasteiger partial charge in [-0.3, -0.25) is 14.4 Å². The van der Waals surface area contributed by atoms with Gasteiger partial charge in [0.15, 0.2) is 6.61 Å². The lowest BCUT2D eigenvalue weighted by molar-refractivity contribution is -0.151. The van der Waals surface area contributed by atoms with Crippen LogP contribution in [0.3, 0.4) is 0 Å². The molecule has 10 heteroatoms. The maximum Gasteiger partial charge on any atom is 0.337 e. The van der Waals surface area contributed by atoms with Gasteiger partial charge in [-0.25, -0.2) is 4.79 Å². The second-order valence-electron chi connectivity index (χ2n) is 6.70. The van der Waals surface area contributed by atoms with Crippen LogP contribution >= 0.6 is 23.2 Å². The van der Waals surface area contributed by atoms with E-state index in [4.69, 9.17) is 27.9 Å². The predicted molar refractivity (Wildman–Crippen MR) is 114 cm³/mol. The number of carbonyl (C=O) groups excluding carboxylic acids is 4. The van der Waals surface area contributed by atoms with Gasteiger partial charge in [0.1, 0.15) is 0 Å². The second-order valence-corrected chi connectivity index (χ2v) is 7.49. The summed E-state index contributed by atoms with van der Waals surface area (Å²) in [5, 5.41) is 3.08. The number of rotatable bonds is 6. The lowest BCUT2D eigenvalue weighted by atomic mass is 10.1. The summed E-state index contributed by atoms with van der Waals surface area (Å²) in [5.74, 6) is -2.73. The first-order valence-electron chi connectivity index (χ1n) is 9.19. The molecule has 162 valence electrons. The monoisotopic (exact) mass is 464 g/mol. The third-order valence-electron chi connectivity index (χ3n) is 4.62. The van der Waals surface area contributed by atoms with Crippen molar-refractivity contribution in [3.63, 3.8) is 0 Å². The molecule has 0 radical (unpaired) electrons. The normalized spacial score (nSPS) is 15.5. The van der Waals surface area contributed by atoms with E-state index in [1.807, 2.05) is 0 Å². The first-order chi connectivity index (χ1) is 14.8. The molecule has 31 heavy (non-hydrogen) atoms. The van der Waals surface area contributed by atoms with Gasteiger partial charge in [0.2, 0.25) is 5.91 Å². The molecule has 0 unspecified atom stereocenters. The first-order valence-corrected chi connectivity index (χ1v) is 9.95.